The highest BCUT2D eigenvalue weighted by molar-refractivity contribution is 5.95. The minimum absolute atomic E-state index is 0.0205. The van der Waals surface area contributed by atoms with Gasteiger partial charge in [-0.2, -0.15) is 0 Å². The van der Waals surface area contributed by atoms with E-state index in [4.69, 9.17) is 18.9 Å². The molecule has 0 bridgehead atoms. The normalized spacial score (nSPS) is 13.2. The third-order valence-electron chi connectivity index (χ3n) is 4.84. The van der Waals surface area contributed by atoms with Crippen LogP contribution in [0, 0.1) is 17.5 Å². The number of morpholine rings is 1. The monoisotopic (exact) mass is 496 g/mol. The molecule has 0 aromatic heterocycles. The SMILES string of the molecule is CCOc1cc(C(=O)OCC(=O)Nc2ccc(F)c(F)c2F)ccc1OCC(=O)N1CCOCC1. The zero-order valence-corrected chi connectivity index (χ0v) is 18.8. The van der Waals surface area contributed by atoms with Crippen LogP contribution in [0.2, 0.25) is 0 Å². The zero-order chi connectivity index (χ0) is 25.4. The van der Waals surface area contributed by atoms with E-state index in [0.29, 0.717) is 32.4 Å². The van der Waals surface area contributed by atoms with Crippen LogP contribution in [-0.2, 0) is 19.1 Å². The summed E-state index contributed by atoms with van der Waals surface area (Å²) in [6, 6.07) is 5.59. The predicted octanol–water partition coefficient (Wildman–Crippen LogP) is 2.54. The third-order valence-corrected chi connectivity index (χ3v) is 4.84. The summed E-state index contributed by atoms with van der Waals surface area (Å²) in [5.74, 6) is -6.39. The van der Waals surface area contributed by atoms with Crippen LogP contribution in [0.15, 0.2) is 30.3 Å². The van der Waals surface area contributed by atoms with Crippen molar-refractivity contribution in [2.75, 3.05) is 51.4 Å². The van der Waals surface area contributed by atoms with Crippen LogP contribution in [0.5, 0.6) is 11.5 Å². The van der Waals surface area contributed by atoms with Gasteiger partial charge in [0.25, 0.3) is 11.8 Å². The first kappa shape index (κ1) is 25.8. The number of halogens is 3. The van der Waals surface area contributed by atoms with E-state index in [9.17, 15) is 27.6 Å². The molecule has 0 atom stereocenters. The van der Waals surface area contributed by atoms with E-state index in [1.54, 1.807) is 11.8 Å². The number of hydrogen-bond donors (Lipinski definition) is 1. The first-order valence-corrected chi connectivity index (χ1v) is 10.7. The Kier molecular flexibility index (Phi) is 8.90. The second-order valence-corrected chi connectivity index (χ2v) is 7.22. The fourth-order valence-corrected chi connectivity index (χ4v) is 3.09. The molecule has 1 N–H and O–H groups in total. The van der Waals surface area contributed by atoms with Crippen molar-refractivity contribution < 1.29 is 46.5 Å². The van der Waals surface area contributed by atoms with Gasteiger partial charge >= 0.3 is 5.97 Å². The van der Waals surface area contributed by atoms with Crippen LogP contribution >= 0.6 is 0 Å². The second-order valence-electron chi connectivity index (χ2n) is 7.22. The molecular weight excluding hydrogens is 473 g/mol. The summed E-state index contributed by atoms with van der Waals surface area (Å²) in [6.45, 7) is 2.78. The lowest BCUT2D eigenvalue weighted by Gasteiger charge is -2.26. The first-order chi connectivity index (χ1) is 16.8. The van der Waals surface area contributed by atoms with E-state index in [1.807, 2.05) is 5.32 Å². The molecule has 3 rings (SSSR count). The van der Waals surface area contributed by atoms with Crippen molar-refractivity contribution in [1.29, 1.82) is 0 Å². The van der Waals surface area contributed by atoms with Gasteiger partial charge in [-0.05, 0) is 37.3 Å². The predicted molar refractivity (Wildman–Crippen MR) is 116 cm³/mol. The van der Waals surface area contributed by atoms with Gasteiger partial charge in [0.15, 0.2) is 42.2 Å². The van der Waals surface area contributed by atoms with Gasteiger partial charge in [-0.3, -0.25) is 9.59 Å². The summed E-state index contributed by atoms with van der Waals surface area (Å²) < 4.78 is 61.1. The van der Waals surface area contributed by atoms with E-state index >= 15 is 0 Å². The minimum atomic E-state index is -1.74. The highest BCUT2D eigenvalue weighted by Crippen LogP contribution is 2.29. The quantitative estimate of drug-likeness (QED) is 0.420. The lowest BCUT2D eigenvalue weighted by molar-refractivity contribution is -0.137. The number of hydrogen-bond acceptors (Lipinski definition) is 7. The fraction of sp³-hybridized carbons (Fsp3) is 0.348. The summed E-state index contributed by atoms with van der Waals surface area (Å²) in [5, 5.41) is 1.99. The Bertz CT molecular complexity index is 1090. The molecule has 1 fully saturated rings. The molecule has 0 radical (unpaired) electrons. The molecule has 1 saturated heterocycles. The number of nitrogens with one attached hydrogen (secondary N) is 1. The summed E-state index contributed by atoms with van der Waals surface area (Å²) in [5.41, 5.74) is -0.580. The molecule has 0 aliphatic carbocycles. The summed E-state index contributed by atoms with van der Waals surface area (Å²) in [4.78, 5) is 38.2. The van der Waals surface area contributed by atoms with Gasteiger partial charge in [-0.25, -0.2) is 18.0 Å². The molecule has 2 aromatic carbocycles. The van der Waals surface area contributed by atoms with Gasteiger partial charge in [-0.1, -0.05) is 0 Å². The highest BCUT2D eigenvalue weighted by Gasteiger charge is 2.20. The Hall–Kier alpha value is -3.80. The van der Waals surface area contributed by atoms with E-state index in [-0.39, 0.29) is 36.2 Å². The highest BCUT2D eigenvalue weighted by atomic mass is 19.2. The molecule has 2 aromatic rings. The van der Waals surface area contributed by atoms with E-state index in [2.05, 4.69) is 0 Å². The molecule has 0 saturated carbocycles. The molecule has 9 nitrogen and oxygen atoms in total. The topological polar surface area (TPSA) is 103 Å². The number of carbonyl (C=O) groups excluding carboxylic acids is 3. The van der Waals surface area contributed by atoms with Gasteiger partial charge < -0.3 is 29.2 Å². The Morgan fingerprint density at radius 2 is 1.71 bits per heavy atom. The number of esters is 1. The molecule has 12 heteroatoms. The second kappa shape index (κ2) is 12.1. The first-order valence-electron chi connectivity index (χ1n) is 10.7. The van der Waals surface area contributed by atoms with Crippen LogP contribution in [0.4, 0.5) is 18.9 Å². The summed E-state index contributed by atoms with van der Waals surface area (Å²) in [6.07, 6.45) is 0. The molecule has 0 unspecified atom stereocenters. The van der Waals surface area contributed by atoms with Gasteiger partial charge in [0.2, 0.25) is 0 Å². The largest absolute Gasteiger partial charge is 0.490 e. The van der Waals surface area contributed by atoms with Gasteiger partial charge in [-0.15, -0.1) is 0 Å². The van der Waals surface area contributed by atoms with Crippen molar-refractivity contribution >= 4 is 23.5 Å². The van der Waals surface area contributed by atoms with Crippen molar-refractivity contribution in [1.82, 2.24) is 4.90 Å². The van der Waals surface area contributed by atoms with Crippen molar-refractivity contribution in [3.8, 4) is 11.5 Å². The van der Waals surface area contributed by atoms with E-state index < -0.39 is 41.6 Å². The Labute approximate surface area is 198 Å². The molecule has 1 heterocycles. The van der Waals surface area contributed by atoms with Crippen molar-refractivity contribution in [2.45, 2.75) is 6.92 Å². The Morgan fingerprint density at radius 3 is 2.43 bits per heavy atom. The van der Waals surface area contributed by atoms with Crippen LogP contribution < -0.4 is 14.8 Å². The van der Waals surface area contributed by atoms with Crippen molar-refractivity contribution in [3.63, 3.8) is 0 Å². The molecule has 188 valence electrons. The number of anilines is 1. The standard InChI is InChI=1S/C23H23F3N2O7/c1-2-33-18-11-14(3-6-17(18)34-13-20(30)28-7-9-32-10-8-28)23(31)35-12-19(29)27-16-5-4-15(24)21(25)22(16)26/h3-6,11H,2,7-10,12-13H2,1H3,(H,27,29). The average molecular weight is 496 g/mol. The van der Waals surface area contributed by atoms with E-state index in [0.717, 1.165) is 6.07 Å². The molecule has 0 spiro atoms. The summed E-state index contributed by atoms with van der Waals surface area (Å²) in [7, 11) is 0. The van der Waals surface area contributed by atoms with Gasteiger partial charge in [0.1, 0.15) is 0 Å². The maximum absolute atomic E-state index is 13.7. The number of benzene rings is 2. The Balaban J connectivity index is 1.57. The molecule has 35 heavy (non-hydrogen) atoms. The number of ether oxygens (including phenoxy) is 4. The molecular formula is C23H23F3N2O7. The van der Waals surface area contributed by atoms with Gasteiger partial charge in [0, 0.05) is 13.1 Å². The number of rotatable bonds is 9. The Morgan fingerprint density at radius 1 is 0.971 bits per heavy atom. The maximum Gasteiger partial charge on any atom is 0.338 e. The maximum atomic E-state index is 13.7. The minimum Gasteiger partial charge on any atom is -0.490 e. The molecule has 1 aliphatic rings. The van der Waals surface area contributed by atoms with Crippen molar-refractivity contribution in [3.05, 3.63) is 53.3 Å². The lowest BCUT2D eigenvalue weighted by Crippen LogP contribution is -2.43. The zero-order valence-electron chi connectivity index (χ0n) is 18.8. The average Bonchev–Trinajstić information content (AvgIpc) is 2.87. The summed E-state index contributed by atoms with van der Waals surface area (Å²) >= 11 is 0. The van der Waals surface area contributed by atoms with Gasteiger partial charge in [0.05, 0.1) is 31.1 Å². The van der Waals surface area contributed by atoms with Crippen molar-refractivity contribution in [2.24, 2.45) is 0 Å². The third kappa shape index (κ3) is 6.85. The number of amides is 2. The van der Waals surface area contributed by atoms with E-state index in [1.165, 1.54) is 18.2 Å². The number of nitrogens with zero attached hydrogens (tertiary/aromatic N) is 1. The smallest absolute Gasteiger partial charge is 0.338 e. The van der Waals surface area contributed by atoms with Crippen LogP contribution in [-0.4, -0.2) is 68.8 Å². The lowest BCUT2D eigenvalue weighted by atomic mass is 10.2. The fourth-order valence-electron chi connectivity index (χ4n) is 3.09. The molecule has 1 aliphatic heterocycles. The van der Waals surface area contributed by atoms with Crippen LogP contribution in [0.3, 0.4) is 0 Å². The van der Waals surface area contributed by atoms with Crippen LogP contribution in [0.25, 0.3) is 0 Å². The number of carbonyl (C=O) groups is 3. The van der Waals surface area contributed by atoms with Crippen LogP contribution in [0.1, 0.15) is 17.3 Å². The molecule has 2 amide bonds.